The van der Waals surface area contributed by atoms with Crippen molar-refractivity contribution in [2.75, 3.05) is 50.9 Å². The van der Waals surface area contributed by atoms with E-state index < -0.39 is 0 Å². The van der Waals surface area contributed by atoms with Crippen LogP contribution < -0.4 is 10.2 Å². The van der Waals surface area contributed by atoms with E-state index in [9.17, 15) is 4.79 Å². The lowest BCUT2D eigenvalue weighted by Gasteiger charge is -2.56. The number of piperazine rings is 1. The Labute approximate surface area is 277 Å². The van der Waals surface area contributed by atoms with Crippen LogP contribution in [0.25, 0.3) is 28.0 Å². The minimum atomic E-state index is -0.0308. The second-order valence-corrected chi connectivity index (χ2v) is 14.7. The maximum atomic E-state index is 12.8. The van der Waals surface area contributed by atoms with Gasteiger partial charge in [-0.15, -0.1) is 0 Å². The van der Waals surface area contributed by atoms with Crippen LogP contribution in [0.3, 0.4) is 0 Å². The summed E-state index contributed by atoms with van der Waals surface area (Å²) in [4.78, 5) is 20.4. The normalized spacial score (nSPS) is 25.0. The molecule has 4 bridgehead atoms. The zero-order valence-corrected chi connectivity index (χ0v) is 27.6. The molecule has 4 aromatic rings. The molecule has 1 saturated heterocycles. The largest absolute Gasteiger partial charge is 0.463 e. The maximum Gasteiger partial charge on any atom is 0.306 e. The highest BCUT2D eigenvalue weighted by molar-refractivity contribution is 5.83. The fraction of sp³-hybridized carbons (Fsp3) is 0.513. The SMILES string of the molecule is Cc1nn2c(N3CCNCC3)cc(-c3cccc(CCOCCOC(=O)CC45CC6CC(CC(C6)C4)C5)c3)nc2c1-c1ccccc1. The molecule has 1 N–H and O–H groups in total. The third-order valence-electron chi connectivity index (χ3n) is 11.2. The van der Waals surface area contributed by atoms with Gasteiger partial charge in [-0.1, -0.05) is 48.5 Å². The molecule has 8 heteroatoms. The first-order chi connectivity index (χ1) is 23.0. The number of hydrogen-bond donors (Lipinski definition) is 1. The molecule has 47 heavy (non-hydrogen) atoms. The van der Waals surface area contributed by atoms with Gasteiger partial charge in [0.05, 0.1) is 31.0 Å². The Morgan fingerprint density at radius 1 is 0.894 bits per heavy atom. The minimum Gasteiger partial charge on any atom is -0.463 e. The van der Waals surface area contributed by atoms with Crippen molar-refractivity contribution in [2.45, 2.75) is 58.3 Å². The summed E-state index contributed by atoms with van der Waals surface area (Å²) in [5.74, 6) is 3.60. The van der Waals surface area contributed by atoms with Gasteiger partial charge in [-0.3, -0.25) is 4.79 Å². The van der Waals surface area contributed by atoms with Crippen LogP contribution in [-0.4, -0.2) is 66.6 Å². The van der Waals surface area contributed by atoms with Crippen molar-refractivity contribution < 1.29 is 14.3 Å². The van der Waals surface area contributed by atoms with Gasteiger partial charge in [-0.05, 0) is 92.2 Å². The standard InChI is InChI=1S/C39H47N5O3/c1-27-37(32-7-3-2-4-8-32)38-41-34(22-35(44(38)42-27)43-13-11-40-12-14-43)33-9-5-6-28(21-33)10-15-46-16-17-47-36(45)26-39-23-29-18-30(24-39)20-31(19-29)25-39/h2-9,21-22,29-31,40H,10-20,23-26H2,1H3. The van der Waals surface area contributed by atoms with Crippen LogP contribution in [0, 0.1) is 30.1 Å². The van der Waals surface area contributed by atoms with Gasteiger partial charge in [0.25, 0.3) is 0 Å². The first-order valence-corrected chi connectivity index (χ1v) is 17.8. The van der Waals surface area contributed by atoms with Gasteiger partial charge in [-0.2, -0.15) is 9.61 Å². The molecule has 9 rings (SSSR count). The van der Waals surface area contributed by atoms with E-state index in [2.05, 4.69) is 71.7 Å². The number of nitrogens with zero attached hydrogens (tertiary/aromatic N) is 4. The molecule has 0 amide bonds. The molecule has 4 aliphatic carbocycles. The number of anilines is 1. The highest BCUT2D eigenvalue weighted by Gasteiger charge is 2.51. The van der Waals surface area contributed by atoms with Gasteiger partial charge in [-0.25, -0.2) is 4.98 Å². The number of nitrogens with one attached hydrogen (secondary N) is 1. The molecule has 0 unspecified atom stereocenters. The second-order valence-electron chi connectivity index (χ2n) is 14.7. The minimum absolute atomic E-state index is 0.0308. The molecule has 2 aromatic heterocycles. The fourth-order valence-electron chi connectivity index (χ4n) is 9.57. The molecule has 0 radical (unpaired) electrons. The van der Waals surface area contributed by atoms with E-state index in [-0.39, 0.29) is 11.4 Å². The number of carbonyl (C=O) groups excluding carboxylic acids is 1. The molecule has 1 aliphatic heterocycles. The van der Waals surface area contributed by atoms with Crippen molar-refractivity contribution in [1.29, 1.82) is 0 Å². The highest BCUT2D eigenvalue weighted by Crippen LogP contribution is 2.61. The fourth-order valence-corrected chi connectivity index (χ4v) is 9.57. The quantitative estimate of drug-likeness (QED) is 0.149. The van der Waals surface area contributed by atoms with E-state index >= 15 is 0 Å². The zero-order chi connectivity index (χ0) is 31.8. The maximum absolute atomic E-state index is 12.8. The van der Waals surface area contributed by atoms with Gasteiger partial charge in [0.2, 0.25) is 0 Å². The number of rotatable bonds is 11. The molecule has 3 heterocycles. The summed E-state index contributed by atoms with van der Waals surface area (Å²) in [7, 11) is 0. The molecule has 0 atom stereocenters. The van der Waals surface area contributed by atoms with Crippen LogP contribution in [0.5, 0.6) is 0 Å². The van der Waals surface area contributed by atoms with Crippen LogP contribution in [0.15, 0.2) is 60.7 Å². The molecule has 5 fully saturated rings. The Bertz CT molecular complexity index is 1690. The molecule has 8 nitrogen and oxygen atoms in total. The smallest absolute Gasteiger partial charge is 0.306 e. The number of hydrogen-bond acceptors (Lipinski definition) is 7. The van der Waals surface area contributed by atoms with Gasteiger partial charge >= 0.3 is 5.97 Å². The van der Waals surface area contributed by atoms with Gasteiger partial charge in [0.1, 0.15) is 12.4 Å². The second kappa shape index (κ2) is 13.0. The summed E-state index contributed by atoms with van der Waals surface area (Å²) in [6, 6.07) is 21.2. The predicted octanol–water partition coefficient (Wildman–Crippen LogP) is 6.49. The Morgan fingerprint density at radius 2 is 1.62 bits per heavy atom. The first kappa shape index (κ1) is 30.6. The number of aromatic nitrogens is 3. The average molecular weight is 634 g/mol. The molecule has 5 aliphatic rings. The van der Waals surface area contributed by atoms with Crippen molar-refractivity contribution in [3.05, 3.63) is 71.9 Å². The van der Waals surface area contributed by atoms with Crippen LogP contribution in [0.2, 0.25) is 0 Å². The number of ether oxygens (including phenoxy) is 2. The lowest BCUT2D eigenvalue weighted by molar-refractivity contribution is -0.153. The van der Waals surface area contributed by atoms with E-state index in [1.54, 1.807) is 0 Å². The van der Waals surface area contributed by atoms with Crippen LogP contribution in [0.1, 0.15) is 56.2 Å². The summed E-state index contributed by atoms with van der Waals surface area (Å²) in [5, 5.41) is 8.45. The van der Waals surface area contributed by atoms with E-state index in [0.717, 1.165) is 89.9 Å². The van der Waals surface area contributed by atoms with E-state index in [1.165, 1.54) is 44.1 Å². The van der Waals surface area contributed by atoms with Crippen LogP contribution in [0.4, 0.5) is 5.82 Å². The lowest BCUT2D eigenvalue weighted by Crippen LogP contribution is -2.47. The van der Waals surface area contributed by atoms with Crippen molar-refractivity contribution in [2.24, 2.45) is 23.2 Å². The van der Waals surface area contributed by atoms with Crippen molar-refractivity contribution in [3.63, 3.8) is 0 Å². The number of carbonyl (C=O) groups is 1. The van der Waals surface area contributed by atoms with Crippen molar-refractivity contribution in [3.8, 4) is 22.4 Å². The molecular weight excluding hydrogens is 586 g/mol. The third kappa shape index (κ3) is 6.42. The number of fused-ring (bicyclic) bond motifs is 1. The van der Waals surface area contributed by atoms with E-state index in [1.807, 2.05) is 10.6 Å². The van der Waals surface area contributed by atoms with Gasteiger partial charge in [0.15, 0.2) is 5.65 Å². The van der Waals surface area contributed by atoms with Gasteiger partial charge in [0, 0.05) is 43.4 Å². The zero-order valence-electron chi connectivity index (χ0n) is 27.6. The molecule has 246 valence electrons. The summed E-state index contributed by atoms with van der Waals surface area (Å²) in [5.41, 5.74) is 7.50. The summed E-state index contributed by atoms with van der Waals surface area (Å²) >= 11 is 0. The number of benzene rings is 2. The summed E-state index contributed by atoms with van der Waals surface area (Å²) < 4.78 is 13.6. The van der Waals surface area contributed by atoms with Crippen LogP contribution in [-0.2, 0) is 20.7 Å². The van der Waals surface area contributed by atoms with Crippen LogP contribution >= 0.6 is 0 Å². The Morgan fingerprint density at radius 3 is 2.36 bits per heavy atom. The van der Waals surface area contributed by atoms with E-state index in [4.69, 9.17) is 19.6 Å². The monoisotopic (exact) mass is 633 g/mol. The third-order valence-corrected chi connectivity index (χ3v) is 11.2. The number of esters is 1. The topological polar surface area (TPSA) is 81.0 Å². The molecule has 4 saturated carbocycles. The molecule has 2 aromatic carbocycles. The van der Waals surface area contributed by atoms with Crippen molar-refractivity contribution >= 4 is 17.4 Å². The highest BCUT2D eigenvalue weighted by atomic mass is 16.6. The molecular formula is C39H47N5O3. The Hall–Kier alpha value is -3.75. The lowest BCUT2D eigenvalue weighted by atomic mass is 9.49. The average Bonchev–Trinajstić information content (AvgIpc) is 3.41. The first-order valence-electron chi connectivity index (χ1n) is 17.8. The molecule has 0 spiro atoms. The van der Waals surface area contributed by atoms with E-state index in [0.29, 0.717) is 26.2 Å². The van der Waals surface area contributed by atoms with Crippen molar-refractivity contribution in [1.82, 2.24) is 19.9 Å². The number of aryl methyl sites for hydroxylation is 1. The Kier molecular flexibility index (Phi) is 8.48. The Balaban J connectivity index is 0.914. The predicted molar refractivity (Wildman–Crippen MR) is 184 cm³/mol. The summed E-state index contributed by atoms with van der Waals surface area (Å²) in [6.07, 6.45) is 9.28. The van der Waals surface area contributed by atoms with Gasteiger partial charge < -0.3 is 19.7 Å². The summed E-state index contributed by atoms with van der Waals surface area (Å²) in [6.45, 7) is 7.15.